The van der Waals surface area contributed by atoms with Crippen LogP contribution in [0.5, 0.6) is 5.75 Å². The summed E-state index contributed by atoms with van der Waals surface area (Å²) >= 11 is 0. The molecular weight excluding hydrogens is 580 g/mol. The molecule has 1 atom stereocenters. The number of likely N-dealkylation sites (tertiary alicyclic amines) is 1. The summed E-state index contributed by atoms with van der Waals surface area (Å²) in [5, 5.41) is 5.13. The minimum Gasteiger partial charge on any atom is -0.483 e. The van der Waals surface area contributed by atoms with Crippen molar-refractivity contribution in [2.45, 2.75) is 71.6 Å². The number of amides is 7. The smallest absolute Gasteiger partial charge is 0.424 e. The molecule has 15 nitrogen and oxygen atoms in total. The van der Waals surface area contributed by atoms with Crippen LogP contribution in [0.3, 0.4) is 0 Å². The highest BCUT2D eigenvalue weighted by Crippen LogP contribution is 2.34. The number of ether oxygens (including phenoxy) is 4. The first-order chi connectivity index (χ1) is 20.5. The summed E-state index contributed by atoms with van der Waals surface area (Å²) in [5.74, 6) is -4.07. The zero-order valence-corrected chi connectivity index (χ0v) is 25.6. The van der Waals surface area contributed by atoms with Crippen molar-refractivity contribution in [2.24, 2.45) is 0 Å². The largest absolute Gasteiger partial charge is 0.483 e. The van der Waals surface area contributed by atoms with Crippen LogP contribution >= 0.6 is 0 Å². The molecular formula is C29H38N4O11. The Morgan fingerprint density at radius 3 is 2.16 bits per heavy atom. The molecule has 15 heteroatoms. The SMILES string of the molecule is CC(C)(C)OC(=O)NCCOCCNC(=O)COc1cccc2c1C(=O)N(C1CCC(=O)N(C(=O)OC(C)(C)C)C1=O)C2=O. The van der Waals surface area contributed by atoms with E-state index in [1.807, 2.05) is 0 Å². The quantitative estimate of drug-likeness (QED) is 0.287. The standard InChI is InChI=1S/C29H38N4O11/c1-28(2,3)43-26(39)31-13-15-41-14-12-30-20(34)16-42-19-9-7-8-17-22(19)25(38)32(23(17)36)18-10-11-21(35)33(24(18)37)27(40)44-29(4,5)6/h7-9,18H,10-16H2,1-6H3,(H,30,34)(H,31,39). The molecule has 0 aromatic heterocycles. The number of nitrogens with one attached hydrogen (secondary N) is 2. The Bertz CT molecular complexity index is 1330. The monoisotopic (exact) mass is 618 g/mol. The first-order valence-corrected chi connectivity index (χ1v) is 14.0. The van der Waals surface area contributed by atoms with Crippen LogP contribution in [0.2, 0.25) is 0 Å². The van der Waals surface area contributed by atoms with Crippen molar-refractivity contribution in [2.75, 3.05) is 32.9 Å². The van der Waals surface area contributed by atoms with Crippen LogP contribution in [-0.4, -0.2) is 102 Å². The molecule has 2 aliphatic rings. The predicted octanol–water partition coefficient (Wildman–Crippen LogP) is 1.77. The third kappa shape index (κ3) is 8.75. The molecule has 3 rings (SSSR count). The Morgan fingerprint density at radius 2 is 1.52 bits per heavy atom. The highest BCUT2D eigenvalue weighted by atomic mass is 16.6. The van der Waals surface area contributed by atoms with Crippen molar-refractivity contribution in [3.05, 3.63) is 29.3 Å². The van der Waals surface area contributed by atoms with Gasteiger partial charge in [-0.05, 0) is 60.1 Å². The van der Waals surface area contributed by atoms with E-state index < -0.39 is 65.6 Å². The first-order valence-electron chi connectivity index (χ1n) is 14.0. The zero-order valence-electron chi connectivity index (χ0n) is 25.6. The maximum absolute atomic E-state index is 13.4. The van der Waals surface area contributed by atoms with E-state index >= 15 is 0 Å². The van der Waals surface area contributed by atoms with Gasteiger partial charge in [0, 0.05) is 19.5 Å². The van der Waals surface area contributed by atoms with Gasteiger partial charge in [-0.15, -0.1) is 0 Å². The molecule has 240 valence electrons. The van der Waals surface area contributed by atoms with E-state index in [0.717, 1.165) is 0 Å². The van der Waals surface area contributed by atoms with Gasteiger partial charge in [-0.2, -0.15) is 4.90 Å². The summed E-state index contributed by atoms with van der Waals surface area (Å²) in [7, 11) is 0. The lowest BCUT2D eigenvalue weighted by Gasteiger charge is -2.34. The molecule has 0 saturated carbocycles. The highest BCUT2D eigenvalue weighted by molar-refractivity contribution is 6.25. The molecule has 0 spiro atoms. The number of hydrogen-bond acceptors (Lipinski definition) is 11. The average molecular weight is 619 g/mol. The van der Waals surface area contributed by atoms with E-state index in [0.29, 0.717) is 9.80 Å². The van der Waals surface area contributed by atoms with E-state index in [1.165, 1.54) is 18.2 Å². The van der Waals surface area contributed by atoms with Crippen LogP contribution < -0.4 is 15.4 Å². The molecule has 1 fully saturated rings. The molecule has 7 amide bonds. The van der Waals surface area contributed by atoms with E-state index in [9.17, 15) is 33.6 Å². The van der Waals surface area contributed by atoms with E-state index in [-0.39, 0.29) is 56.0 Å². The van der Waals surface area contributed by atoms with Crippen molar-refractivity contribution in [1.82, 2.24) is 20.4 Å². The van der Waals surface area contributed by atoms with Crippen LogP contribution in [0.15, 0.2) is 18.2 Å². The number of hydrogen-bond donors (Lipinski definition) is 2. The molecule has 0 aliphatic carbocycles. The number of fused-ring (bicyclic) bond motifs is 1. The number of carbonyl (C=O) groups is 7. The molecule has 2 aliphatic heterocycles. The van der Waals surface area contributed by atoms with Crippen LogP contribution in [0, 0.1) is 0 Å². The Morgan fingerprint density at radius 1 is 0.886 bits per heavy atom. The second-order valence-electron chi connectivity index (χ2n) is 11.9. The maximum atomic E-state index is 13.4. The fourth-order valence-electron chi connectivity index (χ4n) is 4.28. The lowest BCUT2D eigenvalue weighted by atomic mass is 10.0. The number of alkyl carbamates (subject to hydrolysis) is 1. The second kappa shape index (κ2) is 13.8. The molecule has 0 bridgehead atoms. The molecule has 1 unspecified atom stereocenters. The van der Waals surface area contributed by atoms with E-state index in [1.54, 1.807) is 41.5 Å². The van der Waals surface area contributed by atoms with Crippen LogP contribution in [0.4, 0.5) is 9.59 Å². The summed E-state index contributed by atoms with van der Waals surface area (Å²) in [4.78, 5) is 89.8. The molecule has 0 radical (unpaired) electrons. The molecule has 1 saturated heterocycles. The van der Waals surface area contributed by atoms with Crippen LogP contribution in [0.1, 0.15) is 75.1 Å². The number of piperidine rings is 1. The summed E-state index contributed by atoms with van der Waals surface area (Å²) in [6.45, 7) is 10.2. The molecule has 44 heavy (non-hydrogen) atoms. The minimum atomic E-state index is -1.41. The van der Waals surface area contributed by atoms with Gasteiger partial charge in [0.25, 0.3) is 23.6 Å². The third-order valence-corrected chi connectivity index (χ3v) is 6.02. The van der Waals surface area contributed by atoms with Gasteiger partial charge >= 0.3 is 12.2 Å². The van der Waals surface area contributed by atoms with Crippen molar-refractivity contribution < 1.29 is 52.5 Å². The van der Waals surface area contributed by atoms with Crippen LogP contribution in [-0.2, 0) is 28.6 Å². The second-order valence-corrected chi connectivity index (χ2v) is 11.9. The first kappa shape index (κ1) is 34.0. The van der Waals surface area contributed by atoms with Gasteiger partial charge in [0.05, 0.1) is 24.3 Å². The Hall–Kier alpha value is -4.53. The average Bonchev–Trinajstić information content (AvgIpc) is 3.15. The number of nitrogens with zero attached hydrogens (tertiary/aromatic N) is 2. The molecule has 1 aromatic rings. The van der Waals surface area contributed by atoms with Gasteiger partial charge in [0.15, 0.2) is 6.61 Å². The Balaban J connectivity index is 1.53. The van der Waals surface area contributed by atoms with Gasteiger partial charge in [0.2, 0.25) is 5.91 Å². The van der Waals surface area contributed by atoms with Gasteiger partial charge in [-0.3, -0.25) is 28.9 Å². The summed E-state index contributed by atoms with van der Waals surface area (Å²) < 4.78 is 21.2. The topological polar surface area (TPSA) is 187 Å². The van der Waals surface area contributed by atoms with Gasteiger partial charge in [-0.25, -0.2) is 9.59 Å². The fourth-order valence-corrected chi connectivity index (χ4v) is 4.28. The summed E-state index contributed by atoms with van der Waals surface area (Å²) in [6.07, 6.45) is -2.19. The number of imide groups is 4. The normalized spacial score (nSPS) is 16.9. The fraction of sp³-hybridized carbons (Fsp3) is 0.552. The minimum absolute atomic E-state index is 0.0465. The molecule has 1 aromatic carbocycles. The number of benzene rings is 1. The van der Waals surface area contributed by atoms with Gasteiger partial charge < -0.3 is 29.6 Å². The lowest BCUT2D eigenvalue weighted by Crippen LogP contribution is -2.58. The van der Waals surface area contributed by atoms with Crippen molar-refractivity contribution in [1.29, 1.82) is 0 Å². The van der Waals surface area contributed by atoms with Gasteiger partial charge in [-0.1, -0.05) is 6.07 Å². The van der Waals surface area contributed by atoms with Gasteiger partial charge in [0.1, 0.15) is 23.0 Å². The summed E-state index contributed by atoms with van der Waals surface area (Å²) in [6, 6.07) is 2.82. The highest BCUT2D eigenvalue weighted by Gasteiger charge is 2.50. The Kier molecular flexibility index (Phi) is 10.7. The van der Waals surface area contributed by atoms with E-state index in [2.05, 4.69) is 10.6 Å². The van der Waals surface area contributed by atoms with E-state index in [4.69, 9.17) is 18.9 Å². The lowest BCUT2D eigenvalue weighted by molar-refractivity contribution is -0.150. The van der Waals surface area contributed by atoms with Crippen molar-refractivity contribution in [3.8, 4) is 5.75 Å². The third-order valence-electron chi connectivity index (χ3n) is 6.02. The van der Waals surface area contributed by atoms with Crippen molar-refractivity contribution >= 4 is 41.7 Å². The molecule has 2 heterocycles. The van der Waals surface area contributed by atoms with Crippen LogP contribution in [0.25, 0.3) is 0 Å². The Labute approximate surface area is 254 Å². The number of rotatable bonds is 10. The molecule has 2 N–H and O–H groups in total. The maximum Gasteiger partial charge on any atom is 0.424 e. The van der Waals surface area contributed by atoms with Crippen molar-refractivity contribution in [3.63, 3.8) is 0 Å². The zero-order chi connectivity index (χ0) is 32.8. The predicted molar refractivity (Wildman–Crippen MR) is 152 cm³/mol. The number of carbonyl (C=O) groups excluding carboxylic acids is 7. The summed E-state index contributed by atoms with van der Waals surface area (Å²) in [5.41, 5.74) is -1.79.